The molecule has 0 aromatic rings. The fourth-order valence-corrected chi connectivity index (χ4v) is 3.04. The van der Waals surface area contributed by atoms with Crippen molar-refractivity contribution in [2.75, 3.05) is 19.6 Å². The number of carbonyl (C=O) groups excluding carboxylic acids is 1. The summed E-state index contributed by atoms with van der Waals surface area (Å²) in [6.07, 6.45) is 7.43. The monoisotopic (exact) mass is 282 g/mol. The van der Waals surface area contributed by atoms with E-state index in [0.29, 0.717) is 5.92 Å². The Labute approximate surface area is 120 Å². The highest BCUT2D eigenvalue weighted by molar-refractivity contribution is 5.80. The summed E-state index contributed by atoms with van der Waals surface area (Å²) >= 11 is 0. The maximum absolute atomic E-state index is 12.7. The van der Waals surface area contributed by atoms with Gasteiger partial charge in [0.05, 0.1) is 0 Å². The molecule has 2 aliphatic carbocycles. The number of carboxylic acids is 1. The lowest BCUT2D eigenvalue weighted by atomic mass is 10.2. The van der Waals surface area contributed by atoms with Crippen molar-refractivity contribution in [1.82, 2.24) is 9.80 Å². The van der Waals surface area contributed by atoms with Crippen LogP contribution in [0, 0.1) is 5.92 Å². The highest BCUT2D eigenvalue weighted by Crippen LogP contribution is 2.31. The summed E-state index contributed by atoms with van der Waals surface area (Å²) in [7, 11) is 0. The molecule has 2 saturated carbocycles. The number of urea groups is 1. The Kier molecular flexibility index (Phi) is 5.26. The Morgan fingerprint density at radius 2 is 1.80 bits per heavy atom. The van der Waals surface area contributed by atoms with Gasteiger partial charge < -0.3 is 14.9 Å². The molecule has 2 rings (SSSR count). The largest absolute Gasteiger partial charge is 0.480 e. The van der Waals surface area contributed by atoms with Crippen molar-refractivity contribution in [1.29, 1.82) is 0 Å². The lowest BCUT2D eigenvalue weighted by molar-refractivity contribution is -0.138. The highest BCUT2D eigenvalue weighted by atomic mass is 16.4. The van der Waals surface area contributed by atoms with Crippen LogP contribution in [-0.4, -0.2) is 52.6 Å². The van der Waals surface area contributed by atoms with E-state index in [1.807, 2.05) is 4.90 Å². The fraction of sp³-hybridized carbons (Fsp3) is 0.867. The van der Waals surface area contributed by atoms with Crippen molar-refractivity contribution in [3.63, 3.8) is 0 Å². The summed E-state index contributed by atoms with van der Waals surface area (Å²) in [6, 6.07) is 0.0604. The van der Waals surface area contributed by atoms with Crippen LogP contribution in [0.1, 0.15) is 51.9 Å². The van der Waals surface area contributed by atoms with Gasteiger partial charge in [-0.15, -0.1) is 0 Å². The third-order valence-electron chi connectivity index (χ3n) is 4.26. The number of aliphatic carboxylic acids is 1. The molecule has 0 aromatic heterocycles. The number of amides is 2. The van der Waals surface area contributed by atoms with Crippen molar-refractivity contribution < 1.29 is 14.7 Å². The van der Waals surface area contributed by atoms with Crippen molar-refractivity contribution in [3.8, 4) is 0 Å². The van der Waals surface area contributed by atoms with Crippen LogP contribution in [0.15, 0.2) is 0 Å². The van der Waals surface area contributed by atoms with Gasteiger partial charge in [-0.25, -0.2) is 4.79 Å². The first kappa shape index (κ1) is 15.1. The van der Waals surface area contributed by atoms with Gasteiger partial charge in [-0.3, -0.25) is 4.79 Å². The lowest BCUT2D eigenvalue weighted by Gasteiger charge is -2.33. The molecule has 0 spiro atoms. The summed E-state index contributed by atoms with van der Waals surface area (Å²) in [5.74, 6) is -0.270. The van der Waals surface area contributed by atoms with E-state index in [0.717, 1.165) is 45.2 Å². The van der Waals surface area contributed by atoms with Crippen LogP contribution in [0.2, 0.25) is 0 Å². The van der Waals surface area contributed by atoms with Gasteiger partial charge >= 0.3 is 12.0 Å². The second-order valence-corrected chi connectivity index (χ2v) is 6.13. The molecule has 0 saturated heterocycles. The van der Waals surface area contributed by atoms with Crippen LogP contribution in [-0.2, 0) is 4.79 Å². The predicted octanol–water partition coefficient (Wildman–Crippen LogP) is 2.56. The standard InChI is InChI=1S/C15H26N2O3/c1-2-9-16(10-12-7-8-12)15(20)17(11-14(18)19)13-5-3-4-6-13/h12-13H,2-11H2,1H3,(H,18,19). The Balaban J connectivity index is 2.02. The average molecular weight is 282 g/mol. The van der Waals surface area contributed by atoms with Crippen molar-refractivity contribution in [2.45, 2.75) is 57.9 Å². The van der Waals surface area contributed by atoms with E-state index in [1.54, 1.807) is 4.90 Å². The zero-order chi connectivity index (χ0) is 14.5. The second kappa shape index (κ2) is 6.95. The van der Waals surface area contributed by atoms with Crippen molar-refractivity contribution in [3.05, 3.63) is 0 Å². The fourth-order valence-electron chi connectivity index (χ4n) is 3.04. The van der Waals surface area contributed by atoms with Gasteiger partial charge in [-0.05, 0) is 38.0 Å². The molecule has 0 atom stereocenters. The zero-order valence-corrected chi connectivity index (χ0v) is 12.4. The molecule has 0 bridgehead atoms. The molecule has 114 valence electrons. The SMILES string of the molecule is CCCN(CC1CC1)C(=O)N(CC(=O)O)C1CCCC1. The molecule has 5 nitrogen and oxygen atoms in total. The Morgan fingerprint density at radius 3 is 2.30 bits per heavy atom. The lowest BCUT2D eigenvalue weighted by Crippen LogP contribution is -2.50. The van der Waals surface area contributed by atoms with Gasteiger partial charge in [0.1, 0.15) is 6.54 Å². The van der Waals surface area contributed by atoms with Crippen LogP contribution in [0.3, 0.4) is 0 Å². The number of nitrogens with zero attached hydrogens (tertiary/aromatic N) is 2. The summed E-state index contributed by atoms with van der Waals surface area (Å²) in [6.45, 7) is 3.44. The maximum atomic E-state index is 12.7. The predicted molar refractivity (Wildman–Crippen MR) is 76.6 cm³/mol. The molecule has 2 aliphatic rings. The van der Waals surface area contributed by atoms with E-state index >= 15 is 0 Å². The van der Waals surface area contributed by atoms with E-state index in [2.05, 4.69) is 6.92 Å². The van der Waals surface area contributed by atoms with E-state index in [9.17, 15) is 9.59 Å². The molecule has 20 heavy (non-hydrogen) atoms. The molecular formula is C15H26N2O3. The number of carboxylic acid groups (broad SMARTS) is 1. The summed E-state index contributed by atoms with van der Waals surface area (Å²) < 4.78 is 0. The van der Waals surface area contributed by atoms with E-state index < -0.39 is 5.97 Å². The molecule has 2 fully saturated rings. The first-order valence-corrected chi connectivity index (χ1v) is 7.89. The van der Waals surface area contributed by atoms with Gasteiger partial charge in [-0.2, -0.15) is 0 Å². The maximum Gasteiger partial charge on any atom is 0.323 e. The Hall–Kier alpha value is -1.26. The third kappa shape index (κ3) is 4.12. The van der Waals surface area contributed by atoms with Crippen molar-refractivity contribution in [2.24, 2.45) is 5.92 Å². The van der Waals surface area contributed by atoms with E-state index in [4.69, 9.17) is 5.11 Å². The summed E-state index contributed by atoms with van der Waals surface area (Å²) in [5.41, 5.74) is 0. The molecule has 0 heterocycles. The van der Waals surface area contributed by atoms with Crippen LogP contribution < -0.4 is 0 Å². The molecule has 1 N–H and O–H groups in total. The highest BCUT2D eigenvalue weighted by Gasteiger charge is 2.33. The van der Waals surface area contributed by atoms with Gasteiger partial charge in [0, 0.05) is 19.1 Å². The van der Waals surface area contributed by atoms with Crippen molar-refractivity contribution >= 4 is 12.0 Å². The van der Waals surface area contributed by atoms with Crippen LogP contribution in [0.5, 0.6) is 0 Å². The second-order valence-electron chi connectivity index (χ2n) is 6.13. The van der Waals surface area contributed by atoms with Gasteiger partial charge in [0.2, 0.25) is 0 Å². The normalized spacial score (nSPS) is 19.1. The first-order valence-electron chi connectivity index (χ1n) is 7.89. The topological polar surface area (TPSA) is 60.9 Å². The zero-order valence-electron chi connectivity index (χ0n) is 12.4. The van der Waals surface area contributed by atoms with E-state index in [1.165, 1.54) is 12.8 Å². The molecule has 2 amide bonds. The minimum atomic E-state index is -0.909. The number of rotatable bonds is 7. The quantitative estimate of drug-likeness (QED) is 0.780. The molecule has 0 aliphatic heterocycles. The Bertz CT molecular complexity index is 349. The summed E-state index contributed by atoms with van der Waals surface area (Å²) in [4.78, 5) is 27.3. The summed E-state index contributed by atoms with van der Waals surface area (Å²) in [5, 5.41) is 9.09. The van der Waals surface area contributed by atoms with Crippen LogP contribution in [0.25, 0.3) is 0 Å². The smallest absolute Gasteiger partial charge is 0.323 e. The molecule has 0 radical (unpaired) electrons. The number of carbonyl (C=O) groups is 2. The average Bonchev–Trinajstić information content (AvgIpc) is 3.05. The van der Waals surface area contributed by atoms with Crippen LogP contribution in [0.4, 0.5) is 4.79 Å². The van der Waals surface area contributed by atoms with Gasteiger partial charge in [-0.1, -0.05) is 19.8 Å². The molecule has 0 aromatic carbocycles. The molecular weight excluding hydrogens is 256 g/mol. The first-order chi connectivity index (χ1) is 9.61. The number of hydrogen-bond donors (Lipinski definition) is 1. The minimum Gasteiger partial charge on any atom is -0.480 e. The van der Waals surface area contributed by atoms with Gasteiger partial charge in [0.15, 0.2) is 0 Å². The Morgan fingerprint density at radius 1 is 1.15 bits per heavy atom. The third-order valence-corrected chi connectivity index (χ3v) is 4.26. The molecule has 5 heteroatoms. The van der Waals surface area contributed by atoms with Crippen LogP contribution >= 0.6 is 0 Å². The van der Waals surface area contributed by atoms with E-state index in [-0.39, 0.29) is 18.6 Å². The number of hydrogen-bond acceptors (Lipinski definition) is 2. The van der Waals surface area contributed by atoms with Gasteiger partial charge in [0.25, 0.3) is 0 Å². The minimum absolute atomic E-state index is 0.0620. The molecule has 0 unspecified atom stereocenters.